The van der Waals surface area contributed by atoms with Crippen LogP contribution >= 0.6 is 11.6 Å². The number of carbonyl (C=O) groups is 2. The number of carboxylic acids is 1. The third kappa shape index (κ3) is 6.61. The summed E-state index contributed by atoms with van der Waals surface area (Å²) in [6.45, 7) is 1.93. The lowest BCUT2D eigenvalue weighted by atomic mass is 10.0. The molecule has 1 heterocycles. The minimum absolute atomic E-state index is 0.197. The summed E-state index contributed by atoms with van der Waals surface area (Å²) >= 11 is 6.47. The Morgan fingerprint density at radius 1 is 1.05 bits per heavy atom. The lowest BCUT2D eigenvalue weighted by Crippen LogP contribution is -2.38. The molecule has 0 saturated heterocycles. The number of rotatable bonds is 11. The van der Waals surface area contributed by atoms with Crippen molar-refractivity contribution in [3.63, 3.8) is 0 Å². The van der Waals surface area contributed by atoms with E-state index < -0.39 is 12.0 Å². The number of amides is 1. The SMILES string of the molecule is COc1cc(CNC(Cc2c[nH]c3ccccc23)C(=O)O)c(Cl)cc1OCC(=O)Nc1ccc(C)cc1. The van der Waals surface area contributed by atoms with Crippen LogP contribution in [0.1, 0.15) is 16.7 Å². The van der Waals surface area contributed by atoms with Gasteiger partial charge in [-0.15, -0.1) is 0 Å². The van der Waals surface area contributed by atoms with Crippen molar-refractivity contribution < 1.29 is 24.2 Å². The molecule has 1 aromatic heterocycles. The molecule has 0 saturated carbocycles. The van der Waals surface area contributed by atoms with E-state index in [4.69, 9.17) is 21.1 Å². The van der Waals surface area contributed by atoms with Gasteiger partial charge in [0.05, 0.1) is 7.11 Å². The van der Waals surface area contributed by atoms with Gasteiger partial charge in [0, 0.05) is 46.8 Å². The predicted octanol–water partition coefficient (Wildman–Crippen LogP) is 4.94. The van der Waals surface area contributed by atoms with E-state index in [1.807, 2.05) is 61.7 Å². The number of aromatic amines is 1. The highest BCUT2D eigenvalue weighted by molar-refractivity contribution is 6.31. The Morgan fingerprint density at radius 3 is 2.54 bits per heavy atom. The number of halogens is 1. The summed E-state index contributed by atoms with van der Waals surface area (Å²) < 4.78 is 11.1. The largest absolute Gasteiger partial charge is 0.493 e. The van der Waals surface area contributed by atoms with Crippen molar-refractivity contribution >= 4 is 40.1 Å². The molecular weight excluding hydrogens is 494 g/mol. The van der Waals surface area contributed by atoms with Crippen LogP contribution < -0.4 is 20.1 Å². The van der Waals surface area contributed by atoms with Crippen LogP contribution in [0, 0.1) is 6.92 Å². The van der Waals surface area contributed by atoms with Gasteiger partial charge in [0.25, 0.3) is 5.91 Å². The highest BCUT2D eigenvalue weighted by Crippen LogP contribution is 2.33. The highest BCUT2D eigenvalue weighted by atomic mass is 35.5. The molecule has 0 aliphatic heterocycles. The maximum absolute atomic E-state index is 12.3. The summed E-state index contributed by atoms with van der Waals surface area (Å²) in [5, 5.41) is 17.0. The Morgan fingerprint density at radius 2 is 1.81 bits per heavy atom. The number of aliphatic carboxylic acids is 1. The fraction of sp³-hybridized carbons (Fsp3) is 0.214. The normalized spacial score (nSPS) is 11.8. The standard InChI is InChI=1S/C28H28ClN3O5/c1-17-7-9-20(10-8-17)32-27(33)16-37-26-13-22(29)19(12-25(26)36-2)15-31-24(28(34)35)11-18-14-30-23-6-4-3-5-21(18)23/h3-10,12-14,24,30-31H,11,15-16H2,1-2H3,(H,32,33)(H,34,35). The fourth-order valence-corrected chi connectivity index (χ4v) is 4.18. The number of aromatic nitrogens is 1. The summed E-state index contributed by atoms with van der Waals surface area (Å²) in [7, 11) is 1.48. The van der Waals surface area contributed by atoms with Gasteiger partial charge < -0.3 is 24.9 Å². The van der Waals surface area contributed by atoms with Gasteiger partial charge in [-0.25, -0.2) is 0 Å². The molecule has 3 aromatic carbocycles. The Balaban J connectivity index is 1.39. The molecule has 0 aliphatic rings. The molecule has 4 aromatic rings. The van der Waals surface area contributed by atoms with Crippen LogP contribution in [0.2, 0.25) is 5.02 Å². The van der Waals surface area contributed by atoms with Gasteiger partial charge in [0.2, 0.25) is 0 Å². The number of anilines is 1. The maximum atomic E-state index is 12.3. The summed E-state index contributed by atoms with van der Waals surface area (Å²) in [4.78, 5) is 27.4. The van der Waals surface area contributed by atoms with Gasteiger partial charge in [-0.2, -0.15) is 0 Å². The average molecular weight is 522 g/mol. The minimum atomic E-state index is -0.965. The average Bonchev–Trinajstić information content (AvgIpc) is 3.30. The molecule has 0 radical (unpaired) electrons. The zero-order valence-corrected chi connectivity index (χ0v) is 21.3. The number of aryl methyl sites for hydroxylation is 1. The van der Waals surface area contributed by atoms with Crippen LogP contribution in [0.4, 0.5) is 5.69 Å². The molecule has 37 heavy (non-hydrogen) atoms. The summed E-state index contributed by atoms with van der Waals surface area (Å²) in [5.74, 6) is -0.598. The van der Waals surface area contributed by atoms with Crippen molar-refractivity contribution in [2.24, 2.45) is 0 Å². The first-order valence-corrected chi connectivity index (χ1v) is 12.1. The van der Waals surface area contributed by atoms with E-state index in [0.717, 1.165) is 22.0 Å². The van der Waals surface area contributed by atoms with Crippen molar-refractivity contribution in [1.82, 2.24) is 10.3 Å². The minimum Gasteiger partial charge on any atom is -0.493 e. The topological polar surface area (TPSA) is 113 Å². The lowest BCUT2D eigenvalue weighted by Gasteiger charge is -2.17. The number of nitrogens with one attached hydrogen (secondary N) is 3. The second-order valence-corrected chi connectivity index (χ2v) is 9.04. The molecule has 4 rings (SSSR count). The van der Waals surface area contributed by atoms with Crippen LogP contribution in [0.25, 0.3) is 10.9 Å². The van der Waals surface area contributed by atoms with Crippen LogP contribution in [0.3, 0.4) is 0 Å². The first-order chi connectivity index (χ1) is 17.8. The van der Waals surface area contributed by atoms with Crippen molar-refractivity contribution in [3.8, 4) is 11.5 Å². The predicted molar refractivity (Wildman–Crippen MR) is 144 cm³/mol. The van der Waals surface area contributed by atoms with E-state index in [9.17, 15) is 14.7 Å². The fourth-order valence-electron chi connectivity index (χ4n) is 3.96. The van der Waals surface area contributed by atoms with E-state index in [-0.39, 0.29) is 19.1 Å². The van der Waals surface area contributed by atoms with E-state index in [2.05, 4.69) is 15.6 Å². The zero-order chi connectivity index (χ0) is 26.4. The van der Waals surface area contributed by atoms with Crippen molar-refractivity contribution in [3.05, 3.63) is 88.6 Å². The second-order valence-electron chi connectivity index (χ2n) is 8.63. The zero-order valence-electron chi connectivity index (χ0n) is 20.5. The van der Waals surface area contributed by atoms with Gasteiger partial charge in [-0.05, 0) is 42.3 Å². The number of hydrogen-bond acceptors (Lipinski definition) is 5. The summed E-state index contributed by atoms with van der Waals surface area (Å²) in [6.07, 6.45) is 2.13. The number of benzene rings is 3. The number of fused-ring (bicyclic) bond motifs is 1. The van der Waals surface area contributed by atoms with Crippen LogP contribution in [-0.4, -0.2) is 41.7 Å². The molecule has 1 unspecified atom stereocenters. The molecule has 4 N–H and O–H groups in total. The molecular formula is C28H28ClN3O5. The van der Waals surface area contributed by atoms with Gasteiger partial charge in [-0.3, -0.25) is 14.9 Å². The first-order valence-electron chi connectivity index (χ1n) is 11.7. The van der Waals surface area contributed by atoms with E-state index in [1.165, 1.54) is 7.11 Å². The number of para-hydroxylation sites is 1. The Labute approximate surface area is 219 Å². The molecule has 8 nitrogen and oxygen atoms in total. The second kappa shape index (κ2) is 11.8. The van der Waals surface area contributed by atoms with E-state index in [0.29, 0.717) is 34.2 Å². The maximum Gasteiger partial charge on any atom is 0.321 e. The molecule has 0 fully saturated rings. The van der Waals surface area contributed by atoms with Gasteiger partial charge in [0.15, 0.2) is 18.1 Å². The van der Waals surface area contributed by atoms with Crippen molar-refractivity contribution in [2.45, 2.75) is 25.9 Å². The van der Waals surface area contributed by atoms with Gasteiger partial charge in [-0.1, -0.05) is 47.5 Å². The lowest BCUT2D eigenvalue weighted by molar-refractivity contribution is -0.139. The van der Waals surface area contributed by atoms with Crippen LogP contribution in [0.5, 0.6) is 11.5 Å². The molecule has 1 amide bonds. The molecule has 0 spiro atoms. The monoisotopic (exact) mass is 521 g/mol. The van der Waals surface area contributed by atoms with Crippen LogP contribution in [-0.2, 0) is 22.6 Å². The third-order valence-electron chi connectivity index (χ3n) is 5.96. The smallest absolute Gasteiger partial charge is 0.321 e. The van der Waals surface area contributed by atoms with E-state index >= 15 is 0 Å². The number of methoxy groups -OCH3 is 1. The Kier molecular flexibility index (Phi) is 8.32. The summed E-state index contributed by atoms with van der Waals surface area (Å²) in [5.41, 5.74) is 4.27. The molecule has 9 heteroatoms. The van der Waals surface area contributed by atoms with Crippen LogP contribution in [0.15, 0.2) is 66.9 Å². The third-order valence-corrected chi connectivity index (χ3v) is 6.31. The highest BCUT2D eigenvalue weighted by Gasteiger charge is 2.20. The number of hydrogen-bond donors (Lipinski definition) is 4. The molecule has 1 atom stereocenters. The molecule has 192 valence electrons. The van der Waals surface area contributed by atoms with Crippen molar-refractivity contribution in [1.29, 1.82) is 0 Å². The Hall–Kier alpha value is -4.01. The number of ether oxygens (including phenoxy) is 2. The Bertz CT molecular complexity index is 1400. The quantitative estimate of drug-likeness (QED) is 0.222. The van der Waals surface area contributed by atoms with Gasteiger partial charge >= 0.3 is 5.97 Å². The van der Waals surface area contributed by atoms with Crippen molar-refractivity contribution in [2.75, 3.05) is 19.0 Å². The first kappa shape index (κ1) is 26.1. The number of carbonyl (C=O) groups excluding carboxylic acids is 1. The summed E-state index contributed by atoms with van der Waals surface area (Å²) in [6, 6.07) is 17.6. The molecule has 0 bridgehead atoms. The molecule has 0 aliphatic carbocycles. The van der Waals surface area contributed by atoms with E-state index in [1.54, 1.807) is 12.1 Å². The number of H-pyrrole nitrogens is 1. The van der Waals surface area contributed by atoms with Gasteiger partial charge in [0.1, 0.15) is 6.04 Å². The number of carboxylic acid groups (broad SMARTS) is 1.